The molecule has 4 heteroatoms. The lowest BCUT2D eigenvalue weighted by molar-refractivity contribution is 0.161. The molecule has 17 heavy (non-hydrogen) atoms. The fourth-order valence-corrected chi connectivity index (χ4v) is 2.46. The van der Waals surface area contributed by atoms with E-state index in [2.05, 4.69) is 36.7 Å². The zero-order chi connectivity index (χ0) is 13.1. The van der Waals surface area contributed by atoms with E-state index in [1.807, 2.05) is 0 Å². The highest BCUT2D eigenvalue weighted by molar-refractivity contribution is 9.09. The van der Waals surface area contributed by atoms with Crippen LogP contribution in [0, 0.1) is 23.0 Å². The monoisotopic (exact) mass is 306 g/mol. The first-order chi connectivity index (χ1) is 7.84. The van der Waals surface area contributed by atoms with Crippen molar-refractivity contribution < 1.29 is 13.5 Å². The van der Waals surface area contributed by atoms with E-state index in [1.165, 1.54) is 0 Å². The van der Waals surface area contributed by atoms with E-state index in [-0.39, 0.29) is 17.1 Å². The predicted molar refractivity (Wildman–Crippen MR) is 68.6 cm³/mol. The van der Waals surface area contributed by atoms with Crippen LogP contribution >= 0.6 is 15.9 Å². The van der Waals surface area contributed by atoms with Crippen molar-refractivity contribution in [3.05, 3.63) is 29.8 Å². The summed E-state index contributed by atoms with van der Waals surface area (Å²) < 4.78 is 31.6. The Morgan fingerprint density at radius 1 is 1.29 bits per heavy atom. The number of hydrogen-bond donors (Lipinski definition) is 0. The molecule has 1 aromatic carbocycles. The van der Waals surface area contributed by atoms with Gasteiger partial charge < -0.3 is 4.74 Å². The second-order valence-corrected chi connectivity index (χ2v) is 5.75. The lowest BCUT2D eigenvalue weighted by Crippen LogP contribution is -2.28. The summed E-state index contributed by atoms with van der Waals surface area (Å²) in [5, 5.41) is 0.757. The van der Waals surface area contributed by atoms with Gasteiger partial charge in [-0.1, -0.05) is 36.7 Å². The predicted octanol–water partition coefficient (Wildman–Crippen LogP) is 4.40. The van der Waals surface area contributed by atoms with Crippen molar-refractivity contribution in [2.24, 2.45) is 11.3 Å². The molecule has 0 aliphatic carbocycles. The molecule has 1 rings (SSSR count). The normalized spacial score (nSPS) is 13.5. The minimum atomic E-state index is -0.534. The van der Waals surface area contributed by atoms with Crippen molar-refractivity contribution in [2.45, 2.75) is 20.8 Å². The Bertz CT molecular complexity index is 374. The molecule has 0 N–H and O–H groups in total. The van der Waals surface area contributed by atoms with Crippen molar-refractivity contribution in [1.29, 1.82) is 0 Å². The Balaban J connectivity index is 2.69. The average molecular weight is 307 g/mol. The minimum absolute atomic E-state index is 0.0276. The van der Waals surface area contributed by atoms with Crippen LogP contribution in [0.3, 0.4) is 0 Å². The number of benzene rings is 1. The molecule has 0 radical (unpaired) electrons. The third-order valence-electron chi connectivity index (χ3n) is 2.74. The highest BCUT2D eigenvalue weighted by Gasteiger charge is 2.24. The van der Waals surface area contributed by atoms with Crippen LogP contribution in [-0.2, 0) is 0 Å². The maximum absolute atomic E-state index is 13.3. The number of rotatable bonds is 4. The standard InChI is InChI=1S/C13H17BrF2O/c1-13(2,3)9(7-14)8-17-12-6-10(15)4-5-11(12)16/h4-6,9H,7-8H2,1-3H3. The Labute approximate surface area is 109 Å². The van der Waals surface area contributed by atoms with Gasteiger partial charge in [0.2, 0.25) is 0 Å². The van der Waals surface area contributed by atoms with Gasteiger partial charge in [0.15, 0.2) is 11.6 Å². The van der Waals surface area contributed by atoms with Gasteiger partial charge >= 0.3 is 0 Å². The first-order valence-electron chi connectivity index (χ1n) is 5.48. The van der Waals surface area contributed by atoms with Crippen LogP contribution in [0.25, 0.3) is 0 Å². The van der Waals surface area contributed by atoms with Gasteiger partial charge in [-0.05, 0) is 17.5 Å². The molecule has 0 amide bonds. The molecule has 1 unspecified atom stereocenters. The Kier molecular flexibility index (Phi) is 4.92. The lowest BCUT2D eigenvalue weighted by atomic mass is 9.83. The summed E-state index contributed by atoms with van der Waals surface area (Å²) >= 11 is 3.41. The molecule has 0 saturated heterocycles. The Hall–Kier alpha value is -0.640. The smallest absolute Gasteiger partial charge is 0.165 e. The van der Waals surface area contributed by atoms with Crippen LogP contribution in [0.15, 0.2) is 18.2 Å². The molecule has 0 aliphatic rings. The van der Waals surface area contributed by atoms with Crippen molar-refractivity contribution >= 4 is 15.9 Å². The first-order valence-corrected chi connectivity index (χ1v) is 6.60. The van der Waals surface area contributed by atoms with Gasteiger partial charge in [-0.3, -0.25) is 0 Å². The van der Waals surface area contributed by atoms with E-state index in [1.54, 1.807) is 0 Å². The second-order valence-electron chi connectivity index (χ2n) is 5.10. The van der Waals surface area contributed by atoms with Crippen molar-refractivity contribution in [3.8, 4) is 5.75 Å². The van der Waals surface area contributed by atoms with E-state index >= 15 is 0 Å². The summed E-state index contributed by atoms with van der Waals surface area (Å²) in [7, 11) is 0. The van der Waals surface area contributed by atoms with Gasteiger partial charge in [0.1, 0.15) is 5.82 Å². The third kappa shape index (κ3) is 4.26. The maximum Gasteiger partial charge on any atom is 0.165 e. The summed E-state index contributed by atoms with van der Waals surface area (Å²) in [5.41, 5.74) is 0.0489. The molecule has 0 fully saturated rings. The Morgan fingerprint density at radius 2 is 1.94 bits per heavy atom. The molecule has 0 spiro atoms. The van der Waals surface area contributed by atoms with E-state index in [0.717, 1.165) is 23.5 Å². The molecule has 0 aliphatic heterocycles. The molecule has 1 atom stereocenters. The largest absolute Gasteiger partial charge is 0.490 e. The first kappa shape index (κ1) is 14.4. The molecule has 96 valence electrons. The molecule has 1 nitrogen and oxygen atoms in total. The van der Waals surface area contributed by atoms with Gasteiger partial charge in [-0.15, -0.1) is 0 Å². The van der Waals surface area contributed by atoms with Gasteiger partial charge in [0.25, 0.3) is 0 Å². The number of halogens is 3. The van der Waals surface area contributed by atoms with Crippen LogP contribution in [0.1, 0.15) is 20.8 Å². The van der Waals surface area contributed by atoms with Crippen LogP contribution < -0.4 is 4.74 Å². The Morgan fingerprint density at radius 3 is 2.47 bits per heavy atom. The highest BCUT2D eigenvalue weighted by atomic mass is 79.9. The van der Waals surface area contributed by atoms with E-state index in [0.29, 0.717) is 6.61 Å². The van der Waals surface area contributed by atoms with Gasteiger partial charge in [0.05, 0.1) is 6.61 Å². The molecular weight excluding hydrogens is 290 g/mol. The van der Waals surface area contributed by atoms with Crippen molar-refractivity contribution in [2.75, 3.05) is 11.9 Å². The lowest BCUT2D eigenvalue weighted by Gasteiger charge is -2.29. The number of alkyl halides is 1. The van der Waals surface area contributed by atoms with Gasteiger partial charge in [-0.25, -0.2) is 8.78 Å². The number of ether oxygens (including phenoxy) is 1. The summed E-state index contributed by atoms with van der Waals surface area (Å²) in [5.74, 6) is -0.827. The van der Waals surface area contributed by atoms with Crippen LogP contribution in [0.4, 0.5) is 8.78 Å². The summed E-state index contributed by atoms with van der Waals surface area (Å²) in [4.78, 5) is 0. The topological polar surface area (TPSA) is 9.23 Å². The van der Waals surface area contributed by atoms with Crippen molar-refractivity contribution in [1.82, 2.24) is 0 Å². The van der Waals surface area contributed by atoms with E-state index in [4.69, 9.17) is 4.74 Å². The fourth-order valence-electron chi connectivity index (χ4n) is 1.30. The second kappa shape index (κ2) is 5.80. The number of hydrogen-bond acceptors (Lipinski definition) is 1. The summed E-state index contributed by atoms with van der Waals surface area (Å²) in [6.07, 6.45) is 0. The SMILES string of the molecule is CC(C)(C)C(CBr)COc1cc(F)ccc1F. The van der Waals surface area contributed by atoms with Crippen LogP contribution in [0.2, 0.25) is 0 Å². The summed E-state index contributed by atoms with van der Waals surface area (Å²) in [6, 6.07) is 3.22. The molecule has 0 bridgehead atoms. The molecule has 0 heterocycles. The molecule has 1 aromatic rings. The van der Waals surface area contributed by atoms with Crippen LogP contribution in [0.5, 0.6) is 5.75 Å². The zero-order valence-electron chi connectivity index (χ0n) is 10.3. The molecule has 0 aromatic heterocycles. The average Bonchev–Trinajstić information content (AvgIpc) is 2.22. The van der Waals surface area contributed by atoms with E-state index < -0.39 is 11.6 Å². The quantitative estimate of drug-likeness (QED) is 0.749. The van der Waals surface area contributed by atoms with Gasteiger partial charge in [-0.2, -0.15) is 0 Å². The maximum atomic E-state index is 13.3. The van der Waals surface area contributed by atoms with Gasteiger partial charge in [0, 0.05) is 17.3 Å². The van der Waals surface area contributed by atoms with Crippen molar-refractivity contribution in [3.63, 3.8) is 0 Å². The third-order valence-corrected chi connectivity index (χ3v) is 3.53. The fraction of sp³-hybridized carbons (Fsp3) is 0.538. The highest BCUT2D eigenvalue weighted by Crippen LogP contribution is 2.29. The van der Waals surface area contributed by atoms with E-state index in [9.17, 15) is 8.78 Å². The summed E-state index contributed by atoms with van der Waals surface area (Å²) in [6.45, 7) is 6.62. The molecular formula is C13H17BrF2O. The zero-order valence-corrected chi connectivity index (χ0v) is 11.9. The minimum Gasteiger partial charge on any atom is -0.490 e. The molecule has 0 saturated carbocycles. The van der Waals surface area contributed by atoms with Crippen LogP contribution in [-0.4, -0.2) is 11.9 Å².